The van der Waals surface area contributed by atoms with Crippen molar-refractivity contribution in [3.05, 3.63) is 59.2 Å². The number of rotatable bonds is 4. The highest BCUT2D eigenvalue weighted by molar-refractivity contribution is 5.95. The lowest BCUT2D eigenvalue weighted by Crippen LogP contribution is -2.45. The third kappa shape index (κ3) is 3.99. The fourth-order valence-electron chi connectivity index (χ4n) is 3.12. The molecule has 0 aromatic heterocycles. The van der Waals surface area contributed by atoms with E-state index in [4.69, 9.17) is 4.74 Å². The number of anilines is 1. The summed E-state index contributed by atoms with van der Waals surface area (Å²) in [6.07, 6.45) is 0. The van der Waals surface area contributed by atoms with Crippen LogP contribution in [0.5, 0.6) is 5.75 Å². The molecule has 2 aromatic carbocycles. The molecular formula is C19H19F2N3O3. The number of carbonyl (C=O) groups is 2. The highest BCUT2D eigenvalue weighted by Gasteiger charge is 2.40. The molecule has 142 valence electrons. The molecule has 0 saturated carbocycles. The molecule has 1 heterocycles. The number of hydrogen-bond donors (Lipinski definition) is 3. The Morgan fingerprint density at radius 1 is 1.22 bits per heavy atom. The predicted octanol–water partition coefficient (Wildman–Crippen LogP) is 2.69. The van der Waals surface area contributed by atoms with Gasteiger partial charge in [-0.2, -0.15) is 0 Å². The summed E-state index contributed by atoms with van der Waals surface area (Å²) in [5.74, 6) is -3.02. The van der Waals surface area contributed by atoms with E-state index in [0.717, 1.165) is 17.7 Å². The molecule has 2 aromatic rings. The molecular weight excluding hydrogens is 356 g/mol. The van der Waals surface area contributed by atoms with Crippen molar-refractivity contribution in [3.8, 4) is 5.75 Å². The maximum atomic E-state index is 14.4. The molecule has 1 aliphatic heterocycles. The summed E-state index contributed by atoms with van der Waals surface area (Å²) < 4.78 is 33.6. The van der Waals surface area contributed by atoms with Crippen LogP contribution in [-0.4, -0.2) is 31.6 Å². The van der Waals surface area contributed by atoms with Gasteiger partial charge in [0.1, 0.15) is 23.4 Å². The molecule has 0 spiro atoms. The van der Waals surface area contributed by atoms with Gasteiger partial charge < -0.3 is 20.7 Å². The van der Waals surface area contributed by atoms with Gasteiger partial charge in [-0.15, -0.1) is 0 Å². The van der Waals surface area contributed by atoms with E-state index in [9.17, 15) is 18.4 Å². The van der Waals surface area contributed by atoms with E-state index < -0.39 is 35.5 Å². The van der Waals surface area contributed by atoms with Crippen molar-refractivity contribution < 1.29 is 23.1 Å². The minimum Gasteiger partial charge on any atom is -0.497 e. The van der Waals surface area contributed by atoms with Crippen molar-refractivity contribution in [3.63, 3.8) is 0 Å². The minimum absolute atomic E-state index is 0.00833. The molecule has 3 amide bonds. The van der Waals surface area contributed by atoms with Crippen LogP contribution in [0, 0.1) is 18.6 Å². The van der Waals surface area contributed by atoms with Crippen LogP contribution < -0.4 is 20.7 Å². The summed E-state index contributed by atoms with van der Waals surface area (Å²) in [6.45, 7) is 1.88. The van der Waals surface area contributed by atoms with Crippen LogP contribution in [0.3, 0.4) is 0 Å². The zero-order chi connectivity index (χ0) is 19.6. The summed E-state index contributed by atoms with van der Waals surface area (Å²) in [4.78, 5) is 24.4. The molecule has 3 N–H and O–H groups in total. The Hall–Kier alpha value is -3.16. The van der Waals surface area contributed by atoms with Crippen molar-refractivity contribution in [2.24, 2.45) is 0 Å². The molecule has 0 unspecified atom stereocenters. The molecule has 8 heteroatoms. The first kappa shape index (κ1) is 18.6. The van der Waals surface area contributed by atoms with Crippen molar-refractivity contribution in [1.82, 2.24) is 10.6 Å². The van der Waals surface area contributed by atoms with Crippen LogP contribution in [0.1, 0.15) is 17.0 Å². The molecule has 6 nitrogen and oxygen atoms in total. The van der Waals surface area contributed by atoms with Crippen molar-refractivity contribution in [1.29, 1.82) is 0 Å². The Morgan fingerprint density at radius 3 is 2.56 bits per heavy atom. The first-order valence-corrected chi connectivity index (χ1v) is 8.34. The van der Waals surface area contributed by atoms with E-state index in [1.54, 1.807) is 18.2 Å². The van der Waals surface area contributed by atoms with Crippen LogP contribution in [-0.2, 0) is 4.79 Å². The van der Waals surface area contributed by atoms with Gasteiger partial charge in [0.15, 0.2) is 0 Å². The average molecular weight is 375 g/mol. The lowest BCUT2D eigenvalue weighted by Gasteiger charge is -2.20. The third-order valence-electron chi connectivity index (χ3n) is 4.40. The monoisotopic (exact) mass is 375 g/mol. The fraction of sp³-hybridized carbons (Fsp3) is 0.263. The number of ether oxygens (including phenoxy) is 1. The van der Waals surface area contributed by atoms with Crippen LogP contribution in [0.2, 0.25) is 0 Å². The van der Waals surface area contributed by atoms with Crippen LogP contribution in [0.4, 0.5) is 19.3 Å². The van der Waals surface area contributed by atoms with Gasteiger partial charge in [0.2, 0.25) is 5.91 Å². The lowest BCUT2D eigenvalue weighted by molar-refractivity contribution is -0.120. The number of amides is 3. The Kier molecular flexibility index (Phi) is 5.25. The standard InChI is InChI=1S/C19H19F2N3O3/c1-10-4-3-5-11(6-10)23-19(26)24-17-13(9-22-18(17)25)16-14(20)7-12(27-2)8-15(16)21/h3-8,13,17H,9H2,1-2H3,(H,22,25)(H2,23,24,26)/t13-,17-/m0/s1. The third-order valence-corrected chi connectivity index (χ3v) is 4.40. The largest absolute Gasteiger partial charge is 0.497 e. The second-order valence-corrected chi connectivity index (χ2v) is 6.30. The van der Waals surface area contributed by atoms with Crippen molar-refractivity contribution in [2.75, 3.05) is 19.0 Å². The summed E-state index contributed by atoms with van der Waals surface area (Å²) in [5, 5.41) is 7.65. The van der Waals surface area contributed by atoms with E-state index in [-0.39, 0.29) is 17.9 Å². The average Bonchev–Trinajstić information content (AvgIpc) is 2.95. The Balaban J connectivity index is 1.80. The van der Waals surface area contributed by atoms with E-state index >= 15 is 0 Å². The molecule has 0 aliphatic carbocycles. The summed E-state index contributed by atoms with van der Waals surface area (Å²) >= 11 is 0. The number of hydrogen-bond acceptors (Lipinski definition) is 3. The Morgan fingerprint density at radius 2 is 1.93 bits per heavy atom. The summed E-state index contributed by atoms with van der Waals surface area (Å²) in [7, 11) is 1.30. The number of methoxy groups -OCH3 is 1. The van der Waals surface area contributed by atoms with Crippen molar-refractivity contribution in [2.45, 2.75) is 18.9 Å². The highest BCUT2D eigenvalue weighted by Crippen LogP contribution is 2.31. The molecule has 27 heavy (non-hydrogen) atoms. The lowest BCUT2D eigenvalue weighted by atomic mass is 9.93. The van der Waals surface area contributed by atoms with Gasteiger partial charge in [-0.1, -0.05) is 12.1 Å². The first-order valence-electron chi connectivity index (χ1n) is 8.34. The van der Waals surface area contributed by atoms with Gasteiger partial charge in [0.25, 0.3) is 0 Å². The van der Waals surface area contributed by atoms with Gasteiger partial charge in [-0.3, -0.25) is 4.79 Å². The van der Waals surface area contributed by atoms with Gasteiger partial charge >= 0.3 is 6.03 Å². The van der Waals surface area contributed by atoms with Crippen LogP contribution in [0.25, 0.3) is 0 Å². The zero-order valence-electron chi connectivity index (χ0n) is 14.8. The van der Waals surface area contributed by atoms with E-state index in [0.29, 0.717) is 5.69 Å². The zero-order valence-corrected chi connectivity index (χ0v) is 14.8. The summed E-state index contributed by atoms with van der Waals surface area (Å²) in [5.41, 5.74) is 1.23. The molecule has 2 atom stereocenters. The predicted molar refractivity (Wildman–Crippen MR) is 95.8 cm³/mol. The SMILES string of the molecule is COc1cc(F)c([C@@H]2CNC(=O)[C@H]2NC(=O)Nc2cccc(C)c2)c(F)c1. The number of aryl methyl sites for hydroxylation is 1. The van der Waals surface area contributed by atoms with Gasteiger partial charge in [-0.05, 0) is 24.6 Å². The van der Waals surface area contributed by atoms with E-state index in [1.807, 2.05) is 13.0 Å². The number of urea groups is 1. The molecule has 3 rings (SSSR count). The highest BCUT2D eigenvalue weighted by atomic mass is 19.1. The van der Waals surface area contributed by atoms with Crippen LogP contribution >= 0.6 is 0 Å². The van der Waals surface area contributed by atoms with Gasteiger partial charge in [0, 0.05) is 35.8 Å². The smallest absolute Gasteiger partial charge is 0.319 e. The topological polar surface area (TPSA) is 79.5 Å². The summed E-state index contributed by atoms with van der Waals surface area (Å²) in [6, 6.07) is 7.46. The molecule has 0 radical (unpaired) electrons. The number of halogens is 2. The Labute approximate surface area is 154 Å². The number of carbonyl (C=O) groups excluding carboxylic acids is 2. The van der Waals surface area contributed by atoms with E-state index in [1.165, 1.54) is 7.11 Å². The first-order chi connectivity index (χ1) is 12.9. The second-order valence-electron chi connectivity index (χ2n) is 6.30. The maximum Gasteiger partial charge on any atom is 0.319 e. The second kappa shape index (κ2) is 7.61. The van der Waals surface area contributed by atoms with Crippen LogP contribution in [0.15, 0.2) is 36.4 Å². The van der Waals surface area contributed by atoms with Gasteiger partial charge in [0.05, 0.1) is 7.11 Å². The Bertz CT molecular complexity index is 865. The number of benzene rings is 2. The molecule has 1 fully saturated rings. The normalized spacial score (nSPS) is 18.7. The fourth-order valence-corrected chi connectivity index (χ4v) is 3.12. The molecule has 1 saturated heterocycles. The van der Waals surface area contributed by atoms with Crippen molar-refractivity contribution >= 4 is 17.6 Å². The quantitative estimate of drug-likeness (QED) is 0.769. The minimum atomic E-state index is -1.10. The maximum absolute atomic E-state index is 14.4. The van der Waals surface area contributed by atoms with Gasteiger partial charge in [-0.25, -0.2) is 13.6 Å². The number of nitrogens with one attached hydrogen (secondary N) is 3. The molecule has 0 bridgehead atoms. The van der Waals surface area contributed by atoms with E-state index in [2.05, 4.69) is 16.0 Å². The molecule has 1 aliphatic rings.